The molecule has 0 radical (unpaired) electrons. The van der Waals surface area contributed by atoms with Crippen LogP contribution in [0.2, 0.25) is 0 Å². The Balaban J connectivity index is 2.91. The van der Waals surface area contributed by atoms with Crippen molar-refractivity contribution in [2.75, 3.05) is 14.2 Å². The van der Waals surface area contributed by atoms with E-state index >= 15 is 0 Å². The molecule has 15 heavy (non-hydrogen) atoms. The summed E-state index contributed by atoms with van der Waals surface area (Å²) in [5.74, 6) is 1.03. The third kappa shape index (κ3) is 1.44. The summed E-state index contributed by atoms with van der Waals surface area (Å²) in [4.78, 5) is 14.2. The predicted molar refractivity (Wildman–Crippen MR) is 57.7 cm³/mol. The van der Waals surface area contributed by atoms with Gasteiger partial charge in [-0.3, -0.25) is 4.79 Å². The Morgan fingerprint density at radius 2 is 1.93 bits per heavy atom. The van der Waals surface area contributed by atoms with Gasteiger partial charge in [0.25, 0.3) is 5.56 Å². The number of hydrogen-bond acceptors (Lipinski definition) is 3. The summed E-state index contributed by atoms with van der Waals surface area (Å²) >= 11 is 0. The molecule has 1 aromatic heterocycles. The Morgan fingerprint density at radius 1 is 1.13 bits per heavy atom. The van der Waals surface area contributed by atoms with E-state index in [0.717, 1.165) is 5.39 Å². The Bertz CT molecular complexity index is 545. The van der Waals surface area contributed by atoms with E-state index in [1.54, 1.807) is 19.4 Å². The van der Waals surface area contributed by atoms with E-state index in [9.17, 15) is 4.79 Å². The van der Waals surface area contributed by atoms with Crippen molar-refractivity contribution in [3.63, 3.8) is 0 Å². The fourth-order valence-corrected chi connectivity index (χ4v) is 1.59. The van der Waals surface area contributed by atoms with Crippen molar-refractivity contribution >= 4 is 10.8 Å². The third-order valence-electron chi connectivity index (χ3n) is 2.28. The molecule has 1 aromatic carbocycles. The van der Waals surface area contributed by atoms with Gasteiger partial charge in [0.05, 0.1) is 19.6 Å². The van der Waals surface area contributed by atoms with Crippen LogP contribution in [0.5, 0.6) is 11.5 Å². The summed E-state index contributed by atoms with van der Waals surface area (Å²) in [5, 5.41) is 1.34. The highest BCUT2D eigenvalue weighted by Gasteiger charge is 2.10. The molecule has 1 heterocycles. The van der Waals surface area contributed by atoms with E-state index in [-0.39, 0.29) is 5.56 Å². The number of pyridine rings is 1. The van der Waals surface area contributed by atoms with Gasteiger partial charge in [0, 0.05) is 6.20 Å². The van der Waals surface area contributed by atoms with Gasteiger partial charge in [0.1, 0.15) is 0 Å². The van der Waals surface area contributed by atoms with Crippen LogP contribution in [0.4, 0.5) is 0 Å². The van der Waals surface area contributed by atoms with Crippen LogP contribution in [0.3, 0.4) is 0 Å². The number of rotatable bonds is 2. The lowest BCUT2D eigenvalue weighted by Gasteiger charge is -2.09. The molecule has 1 N–H and O–H groups in total. The summed E-state index contributed by atoms with van der Waals surface area (Å²) in [7, 11) is 3.06. The first-order valence-corrected chi connectivity index (χ1v) is 4.50. The van der Waals surface area contributed by atoms with Gasteiger partial charge in [0.2, 0.25) is 0 Å². The Labute approximate surface area is 86.5 Å². The highest BCUT2D eigenvalue weighted by atomic mass is 16.5. The molecule has 0 atom stereocenters. The first-order valence-electron chi connectivity index (χ1n) is 4.50. The molecule has 78 valence electrons. The van der Waals surface area contributed by atoms with Crippen LogP contribution in [0.15, 0.2) is 29.2 Å². The second-order valence-electron chi connectivity index (χ2n) is 3.07. The number of benzene rings is 1. The molecule has 0 aliphatic carbocycles. The molecule has 0 unspecified atom stereocenters. The maximum atomic E-state index is 11.6. The molecular weight excluding hydrogens is 194 g/mol. The van der Waals surface area contributed by atoms with Crippen LogP contribution in [0.25, 0.3) is 10.8 Å². The average Bonchev–Trinajstić information content (AvgIpc) is 2.28. The standard InChI is InChI=1S/C11H11NO3/c1-14-8-4-3-7-5-6-12-11(13)9(7)10(8)15-2/h3-6H,1-2H3,(H,12,13). The lowest BCUT2D eigenvalue weighted by molar-refractivity contribution is 0.358. The summed E-state index contributed by atoms with van der Waals surface area (Å²) in [6.07, 6.45) is 1.61. The highest BCUT2D eigenvalue weighted by molar-refractivity contribution is 5.89. The minimum Gasteiger partial charge on any atom is -0.493 e. The van der Waals surface area contributed by atoms with Crippen molar-refractivity contribution in [2.45, 2.75) is 0 Å². The van der Waals surface area contributed by atoms with Crippen LogP contribution < -0.4 is 15.0 Å². The second-order valence-corrected chi connectivity index (χ2v) is 3.07. The van der Waals surface area contributed by atoms with Gasteiger partial charge in [-0.25, -0.2) is 0 Å². The van der Waals surface area contributed by atoms with Gasteiger partial charge in [-0.15, -0.1) is 0 Å². The molecule has 0 amide bonds. The zero-order valence-electron chi connectivity index (χ0n) is 8.53. The molecule has 2 rings (SSSR count). The Morgan fingerprint density at radius 3 is 2.60 bits per heavy atom. The third-order valence-corrected chi connectivity index (χ3v) is 2.28. The van der Waals surface area contributed by atoms with Crippen LogP contribution in [0.1, 0.15) is 0 Å². The molecule has 0 bridgehead atoms. The van der Waals surface area contributed by atoms with Crippen molar-refractivity contribution in [3.05, 3.63) is 34.7 Å². The maximum Gasteiger partial charge on any atom is 0.259 e. The first-order chi connectivity index (χ1) is 7.27. The zero-order valence-corrected chi connectivity index (χ0v) is 8.53. The van der Waals surface area contributed by atoms with E-state index in [2.05, 4.69) is 4.98 Å². The fraction of sp³-hybridized carbons (Fsp3) is 0.182. The molecule has 0 aliphatic heterocycles. The van der Waals surface area contributed by atoms with Gasteiger partial charge in [-0.2, -0.15) is 0 Å². The van der Waals surface area contributed by atoms with Gasteiger partial charge < -0.3 is 14.5 Å². The number of ether oxygens (including phenoxy) is 2. The Kier molecular flexibility index (Phi) is 2.33. The smallest absolute Gasteiger partial charge is 0.259 e. The Hall–Kier alpha value is -1.97. The topological polar surface area (TPSA) is 51.3 Å². The maximum absolute atomic E-state index is 11.6. The number of hydrogen-bond donors (Lipinski definition) is 1. The van der Waals surface area contributed by atoms with Gasteiger partial charge in [-0.1, -0.05) is 6.07 Å². The molecule has 4 nitrogen and oxygen atoms in total. The summed E-state index contributed by atoms with van der Waals surface area (Å²) in [5.41, 5.74) is -0.178. The molecule has 0 fully saturated rings. The van der Waals surface area contributed by atoms with Crippen molar-refractivity contribution < 1.29 is 9.47 Å². The van der Waals surface area contributed by atoms with E-state index in [4.69, 9.17) is 9.47 Å². The van der Waals surface area contributed by atoms with Crippen molar-refractivity contribution in [1.29, 1.82) is 0 Å². The van der Waals surface area contributed by atoms with E-state index in [1.807, 2.05) is 12.1 Å². The molecule has 0 saturated heterocycles. The van der Waals surface area contributed by atoms with E-state index in [0.29, 0.717) is 16.9 Å². The lowest BCUT2D eigenvalue weighted by Crippen LogP contribution is -2.06. The molecule has 2 aromatic rings. The fourth-order valence-electron chi connectivity index (χ4n) is 1.59. The van der Waals surface area contributed by atoms with Crippen molar-refractivity contribution in [3.8, 4) is 11.5 Å². The first kappa shape index (κ1) is 9.58. The zero-order chi connectivity index (χ0) is 10.8. The molecule has 0 saturated carbocycles. The number of aromatic nitrogens is 1. The summed E-state index contributed by atoms with van der Waals surface area (Å²) in [6.45, 7) is 0. The highest BCUT2D eigenvalue weighted by Crippen LogP contribution is 2.32. The lowest BCUT2D eigenvalue weighted by atomic mass is 10.1. The number of fused-ring (bicyclic) bond motifs is 1. The van der Waals surface area contributed by atoms with Gasteiger partial charge in [0.15, 0.2) is 11.5 Å². The van der Waals surface area contributed by atoms with Gasteiger partial charge in [-0.05, 0) is 17.5 Å². The van der Waals surface area contributed by atoms with Crippen molar-refractivity contribution in [2.24, 2.45) is 0 Å². The van der Waals surface area contributed by atoms with Crippen LogP contribution in [-0.4, -0.2) is 19.2 Å². The molecule has 0 spiro atoms. The monoisotopic (exact) mass is 205 g/mol. The summed E-state index contributed by atoms with van der Waals surface area (Å²) < 4.78 is 10.3. The summed E-state index contributed by atoms with van der Waals surface area (Å²) in [6, 6.07) is 5.42. The van der Waals surface area contributed by atoms with E-state index < -0.39 is 0 Å². The van der Waals surface area contributed by atoms with Crippen LogP contribution in [-0.2, 0) is 0 Å². The minimum atomic E-state index is -0.178. The van der Waals surface area contributed by atoms with Crippen LogP contribution in [0, 0.1) is 0 Å². The quantitative estimate of drug-likeness (QED) is 0.809. The second kappa shape index (κ2) is 3.65. The van der Waals surface area contributed by atoms with Crippen molar-refractivity contribution in [1.82, 2.24) is 4.98 Å². The molecular formula is C11H11NO3. The molecule has 0 aliphatic rings. The number of nitrogens with one attached hydrogen (secondary N) is 1. The predicted octanol–water partition coefficient (Wildman–Crippen LogP) is 1.55. The SMILES string of the molecule is COc1ccc2cc[nH]c(=O)c2c1OC. The average molecular weight is 205 g/mol. The number of aromatic amines is 1. The number of H-pyrrole nitrogens is 1. The van der Waals surface area contributed by atoms with E-state index in [1.165, 1.54) is 7.11 Å². The largest absolute Gasteiger partial charge is 0.493 e. The normalized spacial score (nSPS) is 10.3. The van der Waals surface area contributed by atoms with Crippen LogP contribution >= 0.6 is 0 Å². The molecule has 4 heteroatoms. The minimum absolute atomic E-state index is 0.178. The van der Waals surface area contributed by atoms with Gasteiger partial charge >= 0.3 is 0 Å². The number of methoxy groups -OCH3 is 2.